The van der Waals surface area contributed by atoms with Gasteiger partial charge < -0.3 is 0 Å². The SMILES string of the molecule is O=C(CI)OON1C(=O)CCC1=O. The van der Waals surface area contributed by atoms with Gasteiger partial charge in [0.15, 0.2) is 0 Å². The van der Waals surface area contributed by atoms with Crippen LogP contribution in [0.2, 0.25) is 0 Å². The van der Waals surface area contributed by atoms with E-state index in [0.717, 1.165) is 0 Å². The summed E-state index contributed by atoms with van der Waals surface area (Å²) in [6, 6.07) is 0. The van der Waals surface area contributed by atoms with Crippen molar-refractivity contribution in [1.29, 1.82) is 0 Å². The van der Waals surface area contributed by atoms with Gasteiger partial charge in [-0.3, -0.25) is 14.5 Å². The lowest BCUT2D eigenvalue weighted by atomic mass is 10.4. The lowest BCUT2D eigenvalue weighted by Gasteiger charge is -2.09. The quantitative estimate of drug-likeness (QED) is 0.240. The molecule has 0 unspecified atom stereocenters. The van der Waals surface area contributed by atoms with Crippen LogP contribution >= 0.6 is 22.6 Å². The molecule has 6 nitrogen and oxygen atoms in total. The summed E-state index contributed by atoms with van der Waals surface area (Å²) >= 11 is 1.77. The number of nitrogens with zero attached hydrogens (tertiary/aromatic N) is 1. The Bertz CT molecular complexity index is 237. The number of hydrogen-bond donors (Lipinski definition) is 0. The zero-order valence-corrected chi connectivity index (χ0v) is 8.65. The van der Waals surface area contributed by atoms with Gasteiger partial charge in [0.05, 0.1) is 0 Å². The molecular formula is C6H6INO5. The highest BCUT2D eigenvalue weighted by atomic mass is 127. The lowest BCUT2D eigenvalue weighted by Crippen LogP contribution is -2.30. The van der Waals surface area contributed by atoms with Crippen LogP contribution in [0.5, 0.6) is 0 Å². The Morgan fingerprint density at radius 3 is 2.38 bits per heavy atom. The van der Waals surface area contributed by atoms with Crippen molar-refractivity contribution in [3.8, 4) is 0 Å². The van der Waals surface area contributed by atoms with Gasteiger partial charge in [-0.1, -0.05) is 22.6 Å². The number of imide groups is 1. The molecule has 0 saturated carbocycles. The molecule has 1 aliphatic rings. The lowest BCUT2D eigenvalue weighted by molar-refractivity contribution is -0.363. The summed E-state index contributed by atoms with van der Waals surface area (Å²) in [7, 11) is 0. The van der Waals surface area contributed by atoms with Crippen molar-refractivity contribution < 1.29 is 24.3 Å². The van der Waals surface area contributed by atoms with Gasteiger partial charge in [0, 0.05) is 12.8 Å². The Hall–Kier alpha value is -0.700. The number of alkyl halides is 1. The predicted octanol–water partition coefficient (Wildman–Crippen LogP) is -0.0398. The zero-order chi connectivity index (χ0) is 9.84. The molecule has 0 radical (unpaired) electrons. The van der Waals surface area contributed by atoms with Crippen LogP contribution < -0.4 is 0 Å². The maximum absolute atomic E-state index is 10.9. The van der Waals surface area contributed by atoms with Crippen molar-refractivity contribution in [2.75, 3.05) is 4.43 Å². The average molecular weight is 299 g/mol. The molecule has 0 aromatic heterocycles. The number of carbonyl (C=O) groups excluding carboxylic acids is 3. The molecule has 0 aliphatic carbocycles. The third kappa shape index (κ3) is 2.62. The van der Waals surface area contributed by atoms with Crippen molar-refractivity contribution in [2.24, 2.45) is 0 Å². The van der Waals surface area contributed by atoms with Gasteiger partial charge in [-0.25, -0.2) is 4.79 Å². The van der Waals surface area contributed by atoms with Gasteiger partial charge in [-0.15, -0.1) is 5.06 Å². The summed E-state index contributed by atoms with van der Waals surface area (Å²) in [6.07, 6.45) is 0.196. The van der Waals surface area contributed by atoms with Gasteiger partial charge >= 0.3 is 5.97 Å². The first-order chi connectivity index (χ1) is 6.15. The number of hydroxylamine groups is 2. The maximum Gasteiger partial charge on any atom is 0.354 e. The zero-order valence-electron chi connectivity index (χ0n) is 6.49. The molecule has 0 N–H and O–H groups in total. The van der Waals surface area contributed by atoms with Crippen LogP contribution in [0.3, 0.4) is 0 Å². The molecule has 0 bridgehead atoms. The van der Waals surface area contributed by atoms with E-state index in [1.165, 1.54) is 0 Å². The summed E-state index contributed by atoms with van der Waals surface area (Å²) in [5.74, 6) is -1.63. The number of carbonyl (C=O) groups is 3. The third-order valence-corrected chi connectivity index (χ3v) is 1.94. The number of hydrogen-bond acceptors (Lipinski definition) is 5. The van der Waals surface area contributed by atoms with Crippen LogP contribution in [0.15, 0.2) is 0 Å². The smallest absolute Gasteiger partial charge is 0.273 e. The number of rotatable bonds is 3. The third-order valence-electron chi connectivity index (χ3n) is 1.32. The molecule has 13 heavy (non-hydrogen) atoms. The first-order valence-electron chi connectivity index (χ1n) is 3.44. The molecule has 1 fully saturated rings. The molecule has 0 atom stereocenters. The van der Waals surface area contributed by atoms with E-state index in [1.54, 1.807) is 22.6 Å². The topological polar surface area (TPSA) is 72.9 Å². The van der Waals surface area contributed by atoms with E-state index in [-0.39, 0.29) is 17.3 Å². The van der Waals surface area contributed by atoms with E-state index in [4.69, 9.17) is 0 Å². The Labute approximate surface area is 87.2 Å². The summed E-state index contributed by atoms with van der Waals surface area (Å²) in [5, 5.41) is 0.462. The van der Waals surface area contributed by atoms with Crippen LogP contribution in [0.4, 0.5) is 0 Å². The van der Waals surface area contributed by atoms with E-state index in [9.17, 15) is 14.4 Å². The average Bonchev–Trinajstić information content (AvgIpc) is 2.43. The highest BCUT2D eigenvalue weighted by molar-refractivity contribution is 14.1. The first kappa shape index (κ1) is 10.4. The van der Waals surface area contributed by atoms with Crippen LogP contribution in [0.1, 0.15) is 12.8 Å². The predicted molar refractivity (Wildman–Crippen MR) is 47.2 cm³/mol. The van der Waals surface area contributed by atoms with Gasteiger partial charge in [0.25, 0.3) is 11.8 Å². The summed E-state index contributed by atoms with van der Waals surface area (Å²) in [5.41, 5.74) is 0. The molecule has 0 aromatic rings. The Morgan fingerprint density at radius 2 is 1.92 bits per heavy atom. The highest BCUT2D eigenvalue weighted by Crippen LogP contribution is 2.12. The van der Waals surface area contributed by atoms with E-state index in [1.807, 2.05) is 0 Å². The molecule has 1 rings (SSSR count). The fourth-order valence-electron chi connectivity index (χ4n) is 0.740. The largest absolute Gasteiger partial charge is 0.354 e. The summed E-state index contributed by atoms with van der Waals surface area (Å²) in [4.78, 5) is 40.7. The summed E-state index contributed by atoms with van der Waals surface area (Å²) < 4.78 is 0.0913. The minimum Gasteiger partial charge on any atom is -0.273 e. The Kier molecular flexibility index (Phi) is 3.60. The fourth-order valence-corrected chi connectivity index (χ4v) is 0.867. The Balaban J connectivity index is 2.40. The van der Waals surface area contributed by atoms with Crippen molar-refractivity contribution >= 4 is 40.4 Å². The van der Waals surface area contributed by atoms with Gasteiger partial charge in [-0.2, -0.15) is 0 Å². The van der Waals surface area contributed by atoms with Crippen LogP contribution in [-0.2, 0) is 24.3 Å². The highest BCUT2D eigenvalue weighted by Gasteiger charge is 2.32. The number of halogens is 1. The normalized spacial score (nSPS) is 16.5. The molecule has 1 aliphatic heterocycles. The van der Waals surface area contributed by atoms with Crippen molar-refractivity contribution in [2.45, 2.75) is 12.8 Å². The van der Waals surface area contributed by atoms with E-state index in [2.05, 4.69) is 9.88 Å². The standard InChI is InChI=1S/C6H6INO5/c7-3-6(11)12-13-8-4(9)1-2-5(8)10/h1-3H2. The van der Waals surface area contributed by atoms with Crippen LogP contribution in [0.25, 0.3) is 0 Å². The monoisotopic (exact) mass is 299 g/mol. The fraction of sp³-hybridized carbons (Fsp3) is 0.500. The minimum atomic E-state index is -0.645. The van der Waals surface area contributed by atoms with Crippen LogP contribution in [-0.4, -0.2) is 27.3 Å². The van der Waals surface area contributed by atoms with Gasteiger partial charge in [-0.05, 0) is 4.99 Å². The molecule has 1 heterocycles. The second-order valence-electron chi connectivity index (χ2n) is 2.25. The van der Waals surface area contributed by atoms with E-state index in [0.29, 0.717) is 5.06 Å². The Morgan fingerprint density at radius 1 is 1.38 bits per heavy atom. The van der Waals surface area contributed by atoms with Crippen molar-refractivity contribution in [3.63, 3.8) is 0 Å². The van der Waals surface area contributed by atoms with Crippen LogP contribution in [0, 0.1) is 0 Å². The van der Waals surface area contributed by atoms with Gasteiger partial charge in [0.1, 0.15) is 4.43 Å². The van der Waals surface area contributed by atoms with Crippen molar-refractivity contribution in [1.82, 2.24) is 5.06 Å². The molecule has 0 spiro atoms. The molecule has 0 aromatic carbocycles. The number of amides is 2. The minimum absolute atomic E-state index is 0.0913. The second-order valence-corrected chi connectivity index (χ2v) is 3.01. The molecule has 1 saturated heterocycles. The summed E-state index contributed by atoms with van der Waals surface area (Å²) in [6.45, 7) is 0. The maximum atomic E-state index is 10.9. The van der Waals surface area contributed by atoms with Crippen molar-refractivity contribution in [3.05, 3.63) is 0 Å². The van der Waals surface area contributed by atoms with E-state index >= 15 is 0 Å². The molecule has 72 valence electrons. The van der Waals surface area contributed by atoms with E-state index < -0.39 is 17.8 Å². The molecule has 7 heteroatoms. The molecule has 2 amide bonds. The van der Waals surface area contributed by atoms with Gasteiger partial charge in [0.2, 0.25) is 0 Å². The second kappa shape index (κ2) is 4.51. The molecular weight excluding hydrogens is 293 g/mol. The first-order valence-corrected chi connectivity index (χ1v) is 4.97.